The molecule has 2 rings (SSSR count). The van der Waals surface area contributed by atoms with Crippen molar-refractivity contribution in [1.82, 2.24) is 0 Å². The first-order valence-electron chi connectivity index (χ1n) is 5.34. The van der Waals surface area contributed by atoms with Crippen LogP contribution in [-0.2, 0) is 0 Å². The van der Waals surface area contributed by atoms with Crippen LogP contribution < -0.4 is 4.74 Å². The third-order valence-electron chi connectivity index (χ3n) is 2.55. The predicted molar refractivity (Wildman–Crippen MR) is 65.8 cm³/mol. The van der Waals surface area contributed by atoms with Crippen molar-refractivity contribution in [2.75, 3.05) is 0 Å². The summed E-state index contributed by atoms with van der Waals surface area (Å²) in [7, 11) is 0. The number of aromatic hydroxyl groups is 2. The summed E-state index contributed by atoms with van der Waals surface area (Å²) in [6.45, 7) is 3.70. The maximum atomic E-state index is 9.74. The van der Waals surface area contributed by atoms with Crippen LogP contribution in [0.4, 0.5) is 0 Å². The Kier molecular flexibility index (Phi) is 2.91. The molecule has 0 fully saturated rings. The Morgan fingerprint density at radius 2 is 1.65 bits per heavy atom. The zero-order chi connectivity index (χ0) is 12.4. The molecule has 2 aromatic carbocycles. The Labute approximate surface area is 99.9 Å². The van der Waals surface area contributed by atoms with Gasteiger partial charge in [-0.2, -0.15) is 0 Å². The van der Waals surface area contributed by atoms with Crippen LogP contribution in [-0.4, -0.2) is 10.2 Å². The molecule has 3 heteroatoms. The van der Waals surface area contributed by atoms with E-state index in [0.29, 0.717) is 17.1 Å². The monoisotopic (exact) mass is 230 g/mol. The molecule has 0 amide bonds. The minimum atomic E-state index is -0.0641. The van der Waals surface area contributed by atoms with E-state index in [-0.39, 0.29) is 11.5 Å². The molecule has 0 aliphatic rings. The Morgan fingerprint density at radius 1 is 0.941 bits per heavy atom. The Morgan fingerprint density at radius 3 is 2.29 bits per heavy atom. The molecule has 0 radical (unpaired) electrons. The van der Waals surface area contributed by atoms with E-state index in [2.05, 4.69) is 0 Å². The van der Waals surface area contributed by atoms with Crippen LogP contribution in [0.15, 0.2) is 36.4 Å². The van der Waals surface area contributed by atoms with Crippen LogP contribution in [0.5, 0.6) is 23.0 Å². The van der Waals surface area contributed by atoms with E-state index in [0.717, 1.165) is 5.56 Å². The van der Waals surface area contributed by atoms with Gasteiger partial charge in [-0.1, -0.05) is 18.2 Å². The van der Waals surface area contributed by atoms with Gasteiger partial charge in [0.2, 0.25) is 0 Å². The Hall–Kier alpha value is -2.16. The summed E-state index contributed by atoms with van der Waals surface area (Å²) < 4.78 is 5.66. The van der Waals surface area contributed by atoms with Crippen LogP contribution in [0.2, 0.25) is 0 Å². The zero-order valence-corrected chi connectivity index (χ0v) is 9.77. The van der Waals surface area contributed by atoms with Crippen molar-refractivity contribution in [3.05, 3.63) is 47.5 Å². The fourth-order valence-corrected chi connectivity index (χ4v) is 1.65. The number of aryl methyl sites for hydroxylation is 2. The molecule has 0 bridgehead atoms. The van der Waals surface area contributed by atoms with Crippen LogP contribution in [0.3, 0.4) is 0 Å². The van der Waals surface area contributed by atoms with Gasteiger partial charge in [-0.05, 0) is 37.1 Å². The van der Waals surface area contributed by atoms with Crippen LogP contribution in [0, 0.1) is 13.8 Å². The molecule has 0 aromatic heterocycles. The quantitative estimate of drug-likeness (QED) is 0.830. The van der Waals surface area contributed by atoms with Gasteiger partial charge in [0.25, 0.3) is 0 Å². The number of benzene rings is 2. The van der Waals surface area contributed by atoms with Gasteiger partial charge >= 0.3 is 0 Å². The average Bonchev–Trinajstić information content (AvgIpc) is 2.25. The fourth-order valence-electron chi connectivity index (χ4n) is 1.65. The first-order valence-corrected chi connectivity index (χ1v) is 5.34. The van der Waals surface area contributed by atoms with E-state index in [1.165, 1.54) is 6.07 Å². The number of phenols is 2. The molecular weight excluding hydrogens is 216 g/mol. The maximum absolute atomic E-state index is 9.74. The standard InChI is InChI=1S/C14H14O3/c1-9-5-3-4-6-13(9)17-14-10(2)7-11(15)8-12(14)16/h3-8,15-16H,1-2H3. The minimum absolute atomic E-state index is 0.0251. The molecular formula is C14H14O3. The zero-order valence-electron chi connectivity index (χ0n) is 9.77. The molecule has 88 valence electrons. The molecule has 0 saturated carbocycles. The van der Waals surface area contributed by atoms with Crippen LogP contribution in [0.1, 0.15) is 11.1 Å². The largest absolute Gasteiger partial charge is 0.508 e. The van der Waals surface area contributed by atoms with E-state index in [1.807, 2.05) is 31.2 Å². The molecule has 17 heavy (non-hydrogen) atoms. The summed E-state index contributed by atoms with van der Waals surface area (Å²) >= 11 is 0. The molecule has 0 aliphatic carbocycles. The highest BCUT2D eigenvalue weighted by atomic mass is 16.5. The van der Waals surface area contributed by atoms with Gasteiger partial charge in [-0.25, -0.2) is 0 Å². The van der Waals surface area contributed by atoms with Crippen LogP contribution in [0.25, 0.3) is 0 Å². The van der Waals surface area contributed by atoms with Gasteiger partial charge in [-0.15, -0.1) is 0 Å². The van der Waals surface area contributed by atoms with Crippen LogP contribution >= 0.6 is 0 Å². The first kappa shape index (κ1) is 11.3. The third-order valence-corrected chi connectivity index (χ3v) is 2.55. The van der Waals surface area contributed by atoms with Crippen molar-refractivity contribution in [2.24, 2.45) is 0 Å². The number of hydrogen-bond acceptors (Lipinski definition) is 3. The summed E-state index contributed by atoms with van der Waals surface area (Å²) in [6.07, 6.45) is 0. The highest BCUT2D eigenvalue weighted by molar-refractivity contribution is 5.52. The lowest BCUT2D eigenvalue weighted by Crippen LogP contribution is -1.90. The average molecular weight is 230 g/mol. The van der Waals surface area contributed by atoms with Crippen molar-refractivity contribution < 1.29 is 14.9 Å². The maximum Gasteiger partial charge on any atom is 0.172 e. The summed E-state index contributed by atoms with van der Waals surface area (Å²) in [5.41, 5.74) is 1.67. The van der Waals surface area contributed by atoms with Gasteiger partial charge in [0.05, 0.1) is 0 Å². The highest BCUT2D eigenvalue weighted by Gasteiger charge is 2.10. The van der Waals surface area contributed by atoms with E-state index in [1.54, 1.807) is 13.0 Å². The second-order valence-electron chi connectivity index (χ2n) is 3.98. The van der Waals surface area contributed by atoms with E-state index in [4.69, 9.17) is 4.74 Å². The summed E-state index contributed by atoms with van der Waals surface area (Å²) in [6, 6.07) is 10.4. The number of ether oxygens (including phenoxy) is 1. The van der Waals surface area contributed by atoms with Gasteiger partial charge in [0, 0.05) is 6.07 Å². The number of para-hydroxylation sites is 1. The second-order valence-corrected chi connectivity index (χ2v) is 3.98. The number of hydrogen-bond donors (Lipinski definition) is 2. The predicted octanol–water partition coefficient (Wildman–Crippen LogP) is 3.51. The van der Waals surface area contributed by atoms with E-state index < -0.39 is 0 Å². The molecule has 2 N–H and O–H groups in total. The molecule has 0 aliphatic heterocycles. The molecule has 0 atom stereocenters. The lowest BCUT2D eigenvalue weighted by Gasteiger charge is -2.12. The minimum Gasteiger partial charge on any atom is -0.508 e. The summed E-state index contributed by atoms with van der Waals surface area (Å²) in [5.74, 6) is 1.02. The van der Waals surface area contributed by atoms with Crippen molar-refractivity contribution in [1.29, 1.82) is 0 Å². The SMILES string of the molecule is Cc1ccccc1Oc1c(C)cc(O)cc1O. The molecule has 0 unspecified atom stereocenters. The highest BCUT2D eigenvalue weighted by Crippen LogP contribution is 2.37. The lowest BCUT2D eigenvalue weighted by molar-refractivity contribution is 0.399. The number of phenolic OH excluding ortho intramolecular Hbond substituents is 2. The topological polar surface area (TPSA) is 49.7 Å². The van der Waals surface area contributed by atoms with Crippen molar-refractivity contribution >= 4 is 0 Å². The van der Waals surface area contributed by atoms with Gasteiger partial charge in [0.15, 0.2) is 11.5 Å². The summed E-state index contributed by atoms with van der Waals surface area (Å²) in [5, 5.41) is 19.1. The summed E-state index contributed by atoms with van der Waals surface area (Å²) in [4.78, 5) is 0. The first-order chi connectivity index (χ1) is 8.08. The number of rotatable bonds is 2. The van der Waals surface area contributed by atoms with E-state index >= 15 is 0 Å². The van der Waals surface area contributed by atoms with Crippen molar-refractivity contribution in [2.45, 2.75) is 13.8 Å². The molecule has 3 nitrogen and oxygen atoms in total. The Balaban J connectivity index is 2.40. The van der Waals surface area contributed by atoms with Crippen molar-refractivity contribution in [3.8, 4) is 23.0 Å². The van der Waals surface area contributed by atoms with Gasteiger partial charge in [-0.3, -0.25) is 0 Å². The van der Waals surface area contributed by atoms with Gasteiger partial charge < -0.3 is 14.9 Å². The normalized spacial score (nSPS) is 10.2. The molecule has 2 aromatic rings. The molecule has 0 spiro atoms. The Bertz CT molecular complexity index is 524. The molecule has 0 heterocycles. The smallest absolute Gasteiger partial charge is 0.172 e. The second kappa shape index (κ2) is 4.37. The third kappa shape index (κ3) is 2.33. The van der Waals surface area contributed by atoms with Gasteiger partial charge in [0.1, 0.15) is 11.5 Å². The van der Waals surface area contributed by atoms with Crippen molar-refractivity contribution in [3.63, 3.8) is 0 Å². The lowest BCUT2D eigenvalue weighted by atomic mass is 10.2. The fraction of sp³-hybridized carbons (Fsp3) is 0.143. The molecule has 0 saturated heterocycles. The van der Waals surface area contributed by atoms with E-state index in [9.17, 15) is 10.2 Å².